The first-order valence-electron chi connectivity index (χ1n) is 26.0. The number of hydrazine groups is 1. The predicted molar refractivity (Wildman–Crippen MR) is 347 cm³/mol. The standard InChI is InChI=1S/C10H3BrF3N3.C10H4BrF3N2O2.C10H6BrF3N2.C9H3BrClF3N2.C9H6BrF3N4.C9H5BrF3N3/c11-6-4-16-7(3-15)5-1-2-8(10(12,13)14)17-9(5)6;11-5-3-15-8(9(17)18)4-1-2-6(10(12,13)14)16-7(4)5;1-5-6-2-3-8(10(12,13)14)16-9(6)7(11)4-15-5;10-5-3-15-8(11)4-1-2-6(9(12,13)14)16-7(4)5;10-5-3-15-8(17-14)4-1-2-6(9(11,12)13)16-7(4)5;10-5-3-15-8(14)4-1-2-6(9(11,12)13)16-7(4)5/h1-2,4H;1-3H,(H,17,18);2-4H,1H3;1-3H;1-3H,14H2,(H,15,17);1-3H,(H2,14,15). The zero-order valence-corrected chi connectivity index (χ0v) is 58.4. The van der Waals surface area contributed by atoms with Gasteiger partial charge in [0.1, 0.15) is 62.7 Å². The van der Waals surface area contributed by atoms with Crippen LogP contribution in [0.15, 0.2) is 137 Å². The molecule has 0 spiro atoms. The van der Waals surface area contributed by atoms with E-state index in [0.717, 1.165) is 48.7 Å². The first kappa shape index (κ1) is 79.1. The number of nitriles is 1. The number of hydrogen-bond donors (Lipinski definition) is 4. The lowest BCUT2D eigenvalue weighted by molar-refractivity contribution is -0.141. The van der Waals surface area contributed by atoms with Gasteiger partial charge in [-0.1, -0.05) is 11.6 Å². The van der Waals surface area contributed by atoms with Crippen LogP contribution in [0.25, 0.3) is 65.4 Å². The molecule has 12 aromatic heterocycles. The van der Waals surface area contributed by atoms with E-state index in [2.05, 4.69) is 161 Å². The van der Waals surface area contributed by atoms with Crippen LogP contribution in [0.2, 0.25) is 5.15 Å². The predicted octanol–water partition coefficient (Wildman–Crippen LogP) is 19.9. The molecule has 0 amide bonds. The minimum absolute atomic E-state index is 0.0458. The molecule has 0 aromatic carbocycles. The third-order valence-electron chi connectivity index (χ3n) is 12.5. The second-order valence-electron chi connectivity index (χ2n) is 19.0. The van der Waals surface area contributed by atoms with E-state index in [-0.39, 0.29) is 76.5 Å². The second kappa shape index (κ2) is 31.4. The Balaban J connectivity index is 0.000000169. The summed E-state index contributed by atoms with van der Waals surface area (Å²) in [6.45, 7) is 1.73. The van der Waals surface area contributed by atoms with Crippen LogP contribution in [0, 0.1) is 18.3 Å². The summed E-state index contributed by atoms with van der Waals surface area (Å²) < 4.78 is 226. The Morgan fingerprint density at radius 1 is 0.420 bits per heavy atom. The molecule has 0 saturated heterocycles. The fraction of sp³-hybridized carbons (Fsp3) is 0.123. The van der Waals surface area contributed by atoms with Crippen LogP contribution in [0.5, 0.6) is 0 Å². The first-order valence-corrected chi connectivity index (χ1v) is 31.1. The molecule has 12 rings (SSSR count). The van der Waals surface area contributed by atoms with Crippen LogP contribution >= 0.6 is 107 Å². The lowest BCUT2D eigenvalue weighted by Gasteiger charge is -2.09. The minimum Gasteiger partial charge on any atom is -0.476 e. The summed E-state index contributed by atoms with van der Waals surface area (Å²) in [5.74, 6) is 4.31. The number of hydrogen-bond acceptors (Lipinski definition) is 17. The Bertz CT molecular complexity index is 4910. The number of pyridine rings is 12. The molecule has 0 fully saturated rings. The summed E-state index contributed by atoms with van der Waals surface area (Å²) >= 11 is 24.2. The van der Waals surface area contributed by atoms with Crippen molar-refractivity contribution in [2.24, 2.45) is 5.84 Å². The summed E-state index contributed by atoms with van der Waals surface area (Å²) in [5.41, 5.74) is 3.07. The average molecular weight is 1820 g/mol. The SMILES string of the molecule is Cc1ncc(Br)c2nc(C(F)(F)F)ccc12.FC(F)(F)c1ccc2c(Cl)ncc(Br)c2n1.N#Cc1ncc(Br)c2nc(C(F)(F)F)ccc12.NNc1ncc(Br)c2nc(C(F)(F)F)ccc12.Nc1ncc(Br)c2nc(C(F)(F)F)ccc12.O=C(O)c1ncc(Br)c2nc(C(F)(F)F)ccc12. The van der Waals surface area contributed by atoms with E-state index in [1.807, 2.05) is 0 Å². The van der Waals surface area contributed by atoms with Gasteiger partial charge in [0.2, 0.25) is 0 Å². The van der Waals surface area contributed by atoms with Gasteiger partial charge in [-0.2, -0.15) is 84.3 Å². The fourth-order valence-electron chi connectivity index (χ4n) is 7.95. The number of fused-ring (bicyclic) bond motifs is 6. The molecular formula is C57H27Br6ClF18N16O2. The molecule has 0 radical (unpaired) electrons. The Morgan fingerprint density at radius 3 is 1.11 bits per heavy atom. The molecule has 0 atom stereocenters. The Kier molecular flexibility index (Phi) is 24.8. The Labute approximate surface area is 600 Å². The quantitative estimate of drug-likeness (QED) is 0.0541. The number of nitrogen functional groups attached to an aromatic ring is 2. The number of alkyl halides is 18. The minimum atomic E-state index is -4.58. The van der Waals surface area contributed by atoms with Gasteiger partial charge in [-0.25, -0.2) is 65.5 Å². The molecule has 0 aliphatic rings. The van der Waals surface area contributed by atoms with Crippen molar-refractivity contribution in [3.8, 4) is 6.07 Å². The molecule has 0 unspecified atom stereocenters. The van der Waals surface area contributed by atoms with Gasteiger partial charge >= 0.3 is 43.0 Å². The molecule has 12 aromatic rings. The van der Waals surface area contributed by atoms with Gasteiger partial charge in [-0.15, -0.1) is 0 Å². The summed E-state index contributed by atoms with van der Waals surface area (Å²) in [6, 6.07) is 14.4. The van der Waals surface area contributed by atoms with E-state index in [1.54, 1.807) is 13.0 Å². The Hall–Kier alpha value is -8.21. The number of carbonyl (C=O) groups is 1. The number of rotatable bonds is 2. The molecule has 100 heavy (non-hydrogen) atoms. The van der Waals surface area contributed by atoms with Crippen molar-refractivity contribution < 1.29 is 88.9 Å². The topological polar surface area (TPSA) is 280 Å². The van der Waals surface area contributed by atoms with E-state index in [1.165, 1.54) is 61.3 Å². The highest BCUT2D eigenvalue weighted by Gasteiger charge is 2.37. The van der Waals surface area contributed by atoms with Crippen LogP contribution in [0.1, 0.15) is 56.0 Å². The molecule has 0 bridgehead atoms. The number of nitrogens with zero attached hydrogens (tertiary/aromatic N) is 13. The molecule has 522 valence electrons. The smallest absolute Gasteiger partial charge is 0.433 e. The fourth-order valence-corrected chi connectivity index (χ4v) is 10.6. The molecule has 0 aliphatic heterocycles. The highest BCUT2D eigenvalue weighted by molar-refractivity contribution is 9.11. The zero-order valence-electron chi connectivity index (χ0n) is 48.2. The van der Waals surface area contributed by atoms with Crippen molar-refractivity contribution in [3.63, 3.8) is 0 Å². The van der Waals surface area contributed by atoms with Gasteiger partial charge in [-0.05, 0) is 175 Å². The lowest BCUT2D eigenvalue weighted by atomic mass is 10.2. The normalized spacial score (nSPS) is 11.9. The number of carboxylic acids is 1. The summed E-state index contributed by atoms with van der Waals surface area (Å²) in [7, 11) is 0. The molecule has 0 aliphatic carbocycles. The van der Waals surface area contributed by atoms with E-state index in [9.17, 15) is 83.8 Å². The zero-order chi connectivity index (χ0) is 74.5. The van der Waals surface area contributed by atoms with Crippen LogP contribution in [0.3, 0.4) is 0 Å². The number of nitrogens with one attached hydrogen (secondary N) is 1. The van der Waals surface area contributed by atoms with Gasteiger partial charge in [-0.3, -0.25) is 4.98 Å². The number of carboxylic acid groups (broad SMARTS) is 1. The maximum Gasteiger partial charge on any atom is 0.433 e. The lowest BCUT2D eigenvalue weighted by Crippen LogP contribution is -2.11. The first-order chi connectivity index (χ1) is 46.3. The molecule has 0 saturated carbocycles. The van der Waals surface area contributed by atoms with Crippen molar-refractivity contribution in [2.75, 3.05) is 11.2 Å². The molecule has 6 N–H and O–H groups in total. The summed E-state index contributed by atoms with van der Waals surface area (Å²) in [4.78, 5) is 54.9. The monoisotopic (exact) mass is 1820 g/mol. The number of halogens is 25. The Morgan fingerprint density at radius 2 is 0.710 bits per heavy atom. The average Bonchev–Trinajstić information content (AvgIpc) is 0.832. The summed E-state index contributed by atoms with van der Waals surface area (Å²) in [6.07, 6.45) is -19.1. The van der Waals surface area contributed by atoms with Gasteiger partial charge < -0.3 is 16.3 Å². The van der Waals surface area contributed by atoms with E-state index >= 15 is 0 Å². The number of nitrogens with two attached hydrogens (primary N) is 2. The van der Waals surface area contributed by atoms with Gasteiger partial charge in [0.15, 0.2) is 5.69 Å². The maximum absolute atomic E-state index is 12.5. The van der Waals surface area contributed by atoms with E-state index < -0.39 is 77.2 Å². The number of aromatic nitrogens is 12. The highest BCUT2D eigenvalue weighted by Crippen LogP contribution is 2.39. The molecule has 18 nitrogen and oxygen atoms in total. The molecule has 43 heteroatoms. The van der Waals surface area contributed by atoms with Crippen LogP contribution < -0.4 is 17.0 Å². The molecule has 12 heterocycles. The molecular weight excluding hydrogens is 1800 g/mol. The largest absolute Gasteiger partial charge is 0.476 e. The van der Waals surface area contributed by atoms with E-state index in [4.69, 9.17) is 33.5 Å². The van der Waals surface area contributed by atoms with Gasteiger partial charge in [0, 0.05) is 75.2 Å². The second-order valence-corrected chi connectivity index (χ2v) is 24.5. The third-order valence-corrected chi connectivity index (χ3v) is 16.3. The van der Waals surface area contributed by atoms with Crippen LogP contribution in [-0.4, -0.2) is 70.9 Å². The van der Waals surface area contributed by atoms with E-state index in [0.29, 0.717) is 49.6 Å². The van der Waals surface area contributed by atoms with Crippen LogP contribution in [0.4, 0.5) is 90.7 Å². The number of anilines is 2. The van der Waals surface area contributed by atoms with Gasteiger partial charge in [0.05, 0.1) is 59.9 Å². The highest BCUT2D eigenvalue weighted by atomic mass is 79.9. The van der Waals surface area contributed by atoms with Crippen molar-refractivity contribution in [2.45, 2.75) is 44.0 Å². The van der Waals surface area contributed by atoms with Crippen molar-refractivity contribution in [1.29, 1.82) is 5.26 Å². The number of aromatic carboxylic acids is 1. The third kappa shape index (κ3) is 19.2. The van der Waals surface area contributed by atoms with Crippen LogP contribution in [-0.2, 0) is 37.1 Å². The van der Waals surface area contributed by atoms with Crippen molar-refractivity contribution in [3.05, 3.63) is 193 Å². The maximum atomic E-state index is 12.5. The van der Waals surface area contributed by atoms with Crippen molar-refractivity contribution in [1.82, 2.24) is 59.8 Å². The number of aryl methyl sites for hydroxylation is 1. The van der Waals surface area contributed by atoms with Gasteiger partial charge in [0.25, 0.3) is 0 Å². The summed E-state index contributed by atoms with van der Waals surface area (Å²) in [5, 5.41) is 19.9. The van der Waals surface area contributed by atoms with Crippen molar-refractivity contribution >= 4 is 190 Å².